The van der Waals surface area contributed by atoms with Gasteiger partial charge in [-0.3, -0.25) is 9.62 Å². The molecule has 0 radical (unpaired) electrons. The Morgan fingerprint density at radius 2 is 1.85 bits per heavy atom. The molecule has 2 heterocycles. The van der Waals surface area contributed by atoms with Crippen LogP contribution in [-0.4, -0.2) is 67.2 Å². The molecule has 2 N–H and O–H groups in total. The second kappa shape index (κ2) is 11.3. The summed E-state index contributed by atoms with van der Waals surface area (Å²) in [5, 5.41) is 11.0. The normalized spacial score (nSPS) is 20.1. The summed E-state index contributed by atoms with van der Waals surface area (Å²) in [6.07, 6.45) is -2.37. The average molecular weight is 586 g/mol. The molecule has 1 saturated heterocycles. The number of likely N-dealkylation sites (N-methyl/N-ethyl adjacent to an activating group) is 1. The molecule has 2 atom stereocenters. The predicted molar refractivity (Wildman–Crippen MR) is 138 cm³/mol. The van der Waals surface area contributed by atoms with Gasteiger partial charge in [0.2, 0.25) is 0 Å². The molecule has 0 amide bonds. The van der Waals surface area contributed by atoms with Crippen molar-refractivity contribution in [3.8, 4) is 0 Å². The maximum Gasteiger partial charge on any atom is 0.416 e. The van der Waals surface area contributed by atoms with Gasteiger partial charge in [0.25, 0.3) is 10.0 Å². The first-order valence-corrected chi connectivity index (χ1v) is 13.8. The zero-order valence-electron chi connectivity index (χ0n) is 21.7. The highest BCUT2D eigenvalue weighted by atomic mass is 32.2. The highest BCUT2D eigenvalue weighted by Crippen LogP contribution is 2.36. The first kappa shape index (κ1) is 29.6. The number of aliphatic hydroxyl groups excluding tert-OH is 1. The van der Waals surface area contributed by atoms with E-state index in [0.717, 1.165) is 30.6 Å². The number of benzene rings is 2. The highest BCUT2D eigenvalue weighted by Gasteiger charge is 2.45. The molecule has 2 aromatic carbocycles. The van der Waals surface area contributed by atoms with Crippen LogP contribution >= 0.6 is 0 Å². The first-order valence-electron chi connectivity index (χ1n) is 12.3. The Hall–Kier alpha value is -3.36. The molecule has 4 rings (SSSR count). The summed E-state index contributed by atoms with van der Waals surface area (Å²) in [5.74, 6) is -2.80. The van der Waals surface area contributed by atoms with Gasteiger partial charge in [-0.15, -0.1) is 0 Å². The first-order chi connectivity index (χ1) is 18.7. The number of hydrogen-bond acceptors (Lipinski definition) is 7. The molecule has 8 nitrogen and oxygen atoms in total. The summed E-state index contributed by atoms with van der Waals surface area (Å²) in [6, 6.07) is 7.98. The molecular weight excluding hydrogens is 557 g/mol. The van der Waals surface area contributed by atoms with Crippen molar-refractivity contribution in [1.29, 1.82) is 0 Å². The van der Waals surface area contributed by atoms with Gasteiger partial charge >= 0.3 is 6.18 Å². The lowest BCUT2D eigenvalue weighted by molar-refractivity contribution is -0.137. The Balaban J connectivity index is 1.59. The van der Waals surface area contributed by atoms with Crippen molar-refractivity contribution >= 4 is 21.5 Å². The van der Waals surface area contributed by atoms with E-state index in [1.165, 1.54) is 18.3 Å². The van der Waals surface area contributed by atoms with Crippen LogP contribution in [0.3, 0.4) is 0 Å². The number of halogens is 5. The Bertz CT molecular complexity index is 1430. The third-order valence-corrected chi connectivity index (χ3v) is 8.59. The van der Waals surface area contributed by atoms with Crippen molar-refractivity contribution in [3.05, 3.63) is 77.8 Å². The van der Waals surface area contributed by atoms with Gasteiger partial charge in [0, 0.05) is 25.0 Å². The lowest BCUT2D eigenvalue weighted by Crippen LogP contribution is -2.64. The van der Waals surface area contributed by atoms with E-state index in [1.54, 1.807) is 30.0 Å². The number of aliphatic hydroxyl groups is 1. The Morgan fingerprint density at radius 3 is 2.45 bits per heavy atom. The van der Waals surface area contributed by atoms with Crippen LogP contribution in [0.15, 0.2) is 59.9 Å². The Morgan fingerprint density at radius 1 is 1.15 bits per heavy atom. The standard InChI is InChI=1S/C26H28F5N5O3S/c1-35(2)25(9-6-17-4-3-5-18(12-17)26(29,30)31)15-36(11-8-22(25)37)19-13-20(27)24(21(28)14-19)40(38,39)34-23-7-10-32-16-33-23/h3-5,7,10,12-14,16,22,37H,6,8-9,11,15H2,1-2H3,(H,32,33,34)/t22-,25+/m1/s1. The summed E-state index contributed by atoms with van der Waals surface area (Å²) in [5.41, 5.74) is -1.25. The van der Waals surface area contributed by atoms with E-state index < -0.39 is 49.9 Å². The largest absolute Gasteiger partial charge is 0.416 e. The molecule has 0 bridgehead atoms. The maximum atomic E-state index is 15.1. The smallest absolute Gasteiger partial charge is 0.391 e. The number of alkyl halides is 3. The van der Waals surface area contributed by atoms with Crippen LogP contribution in [0.5, 0.6) is 0 Å². The van der Waals surface area contributed by atoms with Crippen LogP contribution in [-0.2, 0) is 22.6 Å². The lowest BCUT2D eigenvalue weighted by Gasteiger charge is -2.51. The minimum Gasteiger partial charge on any atom is -0.391 e. The molecule has 0 aliphatic carbocycles. The Kier molecular flexibility index (Phi) is 8.33. The molecule has 1 aliphatic heterocycles. The third kappa shape index (κ3) is 6.18. The summed E-state index contributed by atoms with van der Waals surface area (Å²) >= 11 is 0. The van der Waals surface area contributed by atoms with Crippen molar-refractivity contribution in [3.63, 3.8) is 0 Å². The van der Waals surface area contributed by atoms with Gasteiger partial charge in [0.15, 0.2) is 4.90 Å². The maximum absolute atomic E-state index is 15.1. The fraction of sp³-hybridized carbons (Fsp3) is 0.385. The van der Waals surface area contributed by atoms with Gasteiger partial charge in [0.1, 0.15) is 23.8 Å². The van der Waals surface area contributed by atoms with Crippen LogP contribution in [0, 0.1) is 11.6 Å². The number of aromatic nitrogens is 2. The van der Waals surface area contributed by atoms with Crippen LogP contribution in [0.1, 0.15) is 24.0 Å². The third-order valence-electron chi connectivity index (χ3n) is 7.19. The number of rotatable bonds is 8. The second-order valence-corrected chi connectivity index (χ2v) is 11.5. The molecule has 0 spiro atoms. The number of anilines is 2. The van der Waals surface area contributed by atoms with Gasteiger partial charge in [0.05, 0.1) is 17.2 Å². The van der Waals surface area contributed by atoms with Gasteiger partial charge in [-0.1, -0.05) is 18.2 Å². The van der Waals surface area contributed by atoms with Crippen LogP contribution in [0.2, 0.25) is 0 Å². The minimum absolute atomic E-state index is 0.0631. The van der Waals surface area contributed by atoms with Crippen LogP contribution in [0.25, 0.3) is 0 Å². The zero-order chi connectivity index (χ0) is 29.3. The summed E-state index contributed by atoms with van der Waals surface area (Å²) < 4.78 is 97.2. The fourth-order valence-corrected chi connectivity index (χ4v) is 6.11. The molecule has 40 heavy (non-hydrogen) atoms. The van der Waals surface area contributed by atoms with Gasteiger partial charge in [-0.05, 0) is 63.2 Å². The van der Waals surface area contributed by atoms with E-state index >= 15 is 8.78 Å². The molecule has 1 fully saturated rings. The topological polar surface area (TPSA) is 98.7 Å². The predicted octanol–water partition coefficient (Wildman–Crippen LogP) is 4.08. The van der Waals surface area contributed by atoms with Crippen LogP contribution < -0.4 is 9.62 Å². The minimum atomic E-state index is -4.66. The van der Waals surface area contributed by atoms with Gasteiger partial charge in [-0.2, -0.15) is 13.2 Å². The molecule has 0 saturated carbocycles. The van der Waals surface area contributed by atoms with E-state index in [-0.39, 0.29) is 43.9 Å². The van der Waals surface area contributed by atoms with E-state index in [2.05, 4.69) is 9.97 Å². The van der Waals surface area contributed by atoms with E-state index in [1.807, 2.05) is 4.72 Å². The molecular formula is C26H28F5N5O3S. The molecule has 0 unspecified atom stereocenters. The van der Waals surface area contributed by atoms with Crippen molar-refractivity contribution in [1.82, 2.24) is 14.9 Å². The average Bonchev–Trinajstić information content (AvgIpc) is 2.87. The summed E-state index contributed by atoms with van der Waals surface area (Å²) in [6.45, 7) is 0.300. The molecule has 1 aromatic heterocycles. The van der Waals surface area contributed by atoms with Crippen molar-refractivity contribution < 1.29 is 35.5 Å². The molecule has 14 heteroatoms. The number of nitrogens with one attached hydrogen (secondary N) is 1. The number of sulfonamides is 1. The molecule has 3 aromatic rings. The number of hydrogen-bond donors (Lipinski definition) is 2. The molecule has 216 valence electrons. The monoisotopic (exact) mass is 585 g/mol. The Labute approximate surface area is 228 Å². The zero-order valence-corrected chi connectivity index (χ0v) is 22.5. The van der Waals surface area contributed by atoms with Gasteiger partial charge < -0.3 is 10.0 Å². The van der Waals surface area contributed by atoms with Gasteiger partial charge in [-0.25, -0.2) is 27.2 Å². The van der Waals surface area contributed by atoms with E-state index in [4.69, 9.17) is 0 Å². The van der Waals surface area contributed by atoms with Crippen molar-refractivity contribution in [2.24, 2.45) is 0 Å². The highest BCUT2D eigenvalue weighted by molar-refractivity contribution is 7.92. The number of piperidine rings is 1. The summed E-state index contributed by atoms with van der Waals surface area (Å²) in [4.78, 5) is 9.56. The quantitative estimate of drug-likeness (QED) is 0.385. The second-order valence-electron chi connectivity index (χ2n) is 9.86. The summed E-state index contributed by atoms with van der Waals surface area (Å²) in [7, 11) is -1.22. The van der Waals surface area contributed by atoms with Crippen molar-refractivity contribution in [2.45, 2.75) is 42.0 Å². The fourth-order valence-electron chi connectivity index (χ4n) is 4.98. The van der Waals surface area contributed by atoms with Crippen LogP contribution in [0.4, 0.5) is 33.5 Å². The SMILES string of the molecule is CN(C)[C@@]1(CCc2cccc(C(F)(F)F)c2)CN(c2cc(F)c(S(=O)(=O)Nc3ccncn3)c(F)c2)CC[C@H]1O. The number of nitrogens with zero attached hydrogens (tertiary/aromatic N) is 4. The van der Waals surface area contributed by atoms with E-state index in [9.17, 15) is 26.7 Å². The van der Waals surface area contributed by atoms with Crippen molar-refractivity contribution in [2.75, 3.05) is 36.8 Å². The number of aryl methyl sites for hydroxylation is 1. The molecule has 1 aliphatic rings. The lowest BCUT2D eigenvalue weighted by atomic mass is 9.79. The van der Waals surface area contributed by atoms with E-state index in [0.29, 0.717) is 5.56 Å².